The Labute approximate surface area is 122 Å². The van der Waals surface area contributed by atoms with Crippen molar-refractivity contribution in [3.8, 4) is 0 Å². The molecule has 1 aromatic carbocycles. The van der Waals surface area contributed by atoms with Crippen LogP contribution in [-0.4, -0.2) is 32.5 Å². The largest absolute Gasteiger partial charge is 0.381 e. The maximum atomic E-state index is 5.99. The van der Waals surface area contributed by atoms with Crippen molar-refractivity contribution in [3.63, 3.8) is 0 Å². The molecule has 1 aliphatic heterocycles. The van der Waals surface area contributed by atoms with Gasteiger partial charge < -0.3 is 14.8 Å². The SMILES string of the molecule is CCNC(c1ccc(C)cc1C)C1(OC)CCOCC1. The summed E-state index contributed by atoms with van der Waals surface area (Å²) in [5, 5.41) is 3.64. The molecule has 0 bridgehead atoms. The van der Waals surface area contributed by atoms with Crippen LogP contribution in [0.1, 0.15) is 42.5 Å². The highest BCUT2D eigenvalue weighted by Gasteiger charge is 2.41. The molecule has 0 amide bonds. The average Bonchev–Trinajstić information content (AvgIpc) is 2.46. The molecule has 1 heterocycles. The summed E-state index contributed by atoms with van der Waals surface area (Å²) >= 11 is 0. The third-order valence-electron chi connectivity index (χ3n) is 4.42. The van der Waals surface area contributed by atoms with E-state index in [2.05, 4.69) is 44.3 Å². The maximum absolute atomic E-state index is 5.99. The molecule has 112 valence electrons. The molecule has 0 saturated carbocycles. The molecule has 1 N–H and O–H groups in total. The first-order valence-corrected chi connectivity index (χ1v) is 7.56. The molecule has 2 rings (SSSR count). The third kappa shape index (κ3) is 3.05. The molecule has 1 atom stereocenters. The van der Waals surface area contributed by atoms with Gasteiger partial charge in [0.1, 0.15) is 0 Å². The predicted octanol–water partition coefficient (Wildman–Crippen LogP) is 3.15. The second-order valence-electron chi connectivity index (χ2n) is 5.73. The Morgan fingerprint density at radius 1 is 1.30 bits per heavy atom. The van der Waals surface area contributed by atoms with E-state index in [-0.39, 0.29) is 11.6 Å². The van der Waals surface area contributed by atoms with Crippen LogP contribution in [0.15, 0.2) is 18.2 Å². The first-order chi connectivity index (χ1) is 9.63. The molecule has 0 spiro atoms. The van der Waals surface area contributed by atoms with E-state index in [1.54, 1.807) is 0 Å². The van der Waals surface area contributed by atoms with Gasteiger partial charge in [0.25, 0.3) is 0 Å². The van der Waals surface area contributed by atoms with Gasteiger partial charge in [0, 0.05) is 33.2 Å². The fraction of sp³-hybridized carbons (Fsp3) is 0.647. The quantitative estimate of drug-likeness (QED) is 0.897. The van der Waals surface area contributed by atoms with Gasteiger partial charge in [0.05, 0.1) is 11.6 Å². The number of benzene rings is 1. The molecule has 3 heteroatoms. The van der Waals surface area contributed by atoms with Crippen molar-refractivity contribution >= 4 is 0 Å². The maximum Gasteiger partial charge on any atom is 0.0916 e. The van der Waals surface area contributed by atoms with Crippen LogP contribution in [-0.2, 0) is 9.47 Å². The number of hydrogen-bond donors (Lipinski definition) is 1. The summed E-state index contributed by atoms with van der Waals surface area (Å²) in [5.41, 5.74) is 3.83. The molecule has 0 radical (unpaired) electrons. The summed E-state index contributed by atoms with van der Waals surface area (Å²) in [7, 11) is 1.83. The highest BCUT2D eigenvalue weighted by Crippen LogP contribution is 2.38. The number of likely N-dealkylation sites (N-methyl/N-ethyl adjacent to an activating group) is 1. The summed E-state index contributed by atoms with van der Waals surface area (Å²) in [6.07, 6.45) is 1.88. The first-order valence-electron chi connectivity index (χ1n) is 7.56. The lowest BCUT2D eigenvalue weighted by atomic mass is 9.80. The average molecular weight is 277 g/mol. The zero-order valence-electron chi connectivity index (χ0n) is 13.2. The molecule has 1 saturated heterocycles. The molecule has 1 unspecified atom stereocenters. The van der Waals surface area contributed by atoms with Crippen LogP contribution >= 0.6 is 0 Å². The number of nitrogens with one attached hydrogen (secondary N) is 1. The lowest BCUT2D eigenvalue weighted by molar-refractivity contribution is -0.111. The zero-order chi connectivity index (χ0) is 14.6. The van der Waals surface area contributed by atoms with Crippen LogP contribution in [0.25, 0.3) is 0 Å². The van der Waals surface area contributed by atoms with Crippen molar-refractivity contribution in [1.82, 2.24) is 5.32 Å². The van der Waals surface area contributed by atoms with Crippen molar-refractivity contribution in [1.29, 1.82) is 0 Å². The standard InChI is InChI=1S/C17H27NO2/c1-5-18-16(15-7-6-13(2)12-14(15)3)17(19-4)8-10-20-11-9-17/h6-7,12,16,18H,5,8-11H2,1-4H3. The molecule has 0 aliphatic carbocycles. The zero-order valence-corrected chi connectivity index (χ0v) is 13.2. The Bertz CT molecular complexity index is 439. The van der Waals surface area contributed by atoms with Crippen LogP contribution in [0.2, 0.25) is 0 Å². The second-order valence-corrected chi connectivity index (χ2v) is 5.73. The summed E-state index contributed by atoms with van der Waals surface area (Å²) < 4.78 is 11.5. The minimum Gasteiger partial charge on any atom is -0.381 e. The monoisotopic (exact) mass is 277 g/mol. The number of aryl methyl sites for hydroxylation is 2. The van der Waals surface area contributed by atoms with Crippen LogP contribution < -0.4 is 5.32 Å². The van der Waals surface area contributed by atoms with E-state index in [1.807, 2.05) is 7.11 Å². The van der Waals surface area contributed by atoms with E-state index < -0.39 is 0 Å². The fourth-order valence-electron chi connectivity index (χ4n) is 3.26. The summed E-state index contributed by atoms with van der Waals surface area (Å²) in [4.78, 5) is 0. The van der Waals surface area contributed by atoms with Gasteiger partial charge >= 0.3 is 0 Å². The van der Waals surface area contributed by atoms with Crippen LogP contribution in [0.4, 0.5) is 0 Å². The topological polar surface area (TPSA) is 30.5 Å². The normalized spacial score (nSPS) is 19.8. The van der Waals surface area contributed by atoms with E-state index in [9.17, 15) is 0 Å². The van der Waals surface area contributed by atoms with E-state index >= 15 is 0 Å². The molecular weight excluding hydrogens is 250 g/mol. The van der Waals surface area contributed by atoms with Gasteiger partial charge in [-0.3, -0.25) is 0 Å². The van der Waals surface area contributed by atoms with Crippen molar-refractivity contribution in [2.45, 2.75) is 45.3 Å². The Balaban J connectivity index is 2.38. The lowest BCUT2D eigenvalue weighted by Gasteiger charge is -2.43. The number of methoxy groups -OCH3 is 1. The molecule has 1 aromatic rings. The van der Waals surface area contributed by atoms with Crippen LogP contribution in [0, 0.1) is 13.8 Å². The van der Waals surface area contributed by atoms with Crippen molar-refractivity contribution < 1.29 is 9.47 Å². The predicted molar refractivity (Wildman–Crippen MR) is 82.1 cm³/mol. The minimum absolute atomic E-state index is 0.158. The molecule has 1 aliphatic rings. The van der Waals surface area contributed by atoms with Gasteiger partial charge in [-0.15, -0.1) is 0 Å². The van der Waals surface area contributed by atoms with Crippen molar-refractivity contribution in [3.05, 3.63) is 34.9 Å². The van der Waals surface area contributed by atoms with Gasteiger partial charge in [0.15, 0.2) is 0 Å². The lowest BCUT2D eigenvalue weighted by Crippen LogP contribution is -2.49. The van der Waals surface area contributed by atoms with Crippen molar-refractivity contribution in [2.75, 3.05) is 26.9 Å². The number of ether oxygens (including phenoxy) is 2. The summed E-state index contributed by atoms with van der Waals surface area (Å²) in [5.74, 6) is 0. The van der Waals surface area contributed by atoms with E-state index in [0.717, 1.165) is 32.6 Å². The Morgan fingerprint density at radius 3 is 2.55 bits per heavy atom. The highest BCUT2D eigenvalue weighted by molar-refractivity contribution is 5.34. The minimum atomic E-state index is -0.158. The molecule has 0 aromatic heterocycles. The Kier molecular flexibility index (Phi) is 5.19. The number of hydrogen-bond acceptors (Lipinski definition) is 3. The highest BCUT2D eigenvalue weighted by atomic mass is 16.5. The second kappa shape index (κ2) is 6.70. The third-order valence-corrected chi connectivity index (χ3v) is 4.42. The molecular formula is C17H27NO2. The fourth-order valence-corrected chi connectivity index (χ4v) is 3.26. The van der Waals surface area contributed by atoms with Gasteiger partial charge in [-0.05, 0) is 31.5 Å². The first kappa shape index (κ1) is 15.5. The summed E-state index contributed by atoms with van der Waals surface area (Å²) in [6.45, 7) is 8.97. The molecule has 3 nitrogen and oxygen atoms in total. The Morgan fingerprint density at radius 2 is 2.00 bits per heavy atom. The van der Waals surface area contributed by atoms with Gasteiger partial charge in [-0.25, -0.2) is 0 Å². The van der Waals surface area contributed by atoms with E-state index in [0.29, 0.717) is 0 Å². The van der Waals surface area contributed by atoms with E-state index in [1.165, 1.54) is 16.7 Å². The van der Waals surface area contributed by atoms with Crippen LogP contribution in [0.3, 0.4) is 0 Å². The van der Waals surface area contributed by atoms with Crippen LogP contribution in [0.5, 0.6) is 0 Å². The summed E-state index contributed by atoms with van der Waals surface area (Å²) in [6, 6.07) is 6.91. The van der Waals surface area contributed by atoms with Gasteiger partial charge in [0.2, 0.25) is 0 Å². The van der Waals surface area contributed by atoms with Gasteiger partial charge in [-0.2, -0.15) is 0 Å². The number of rotatable bonds is 5. The smallest absolute Gasteiger partial charge is 0.0916 e. The van der Waals surface area contributed by atoms with Crippen molar-refractivity contribution in [2.24, 2.45) is 0 Å². The Hall–Kier alpha value is -0.900. The van der Waals surface area contributed by atoms with Gasteiger partial charge in [-0.1, -0.05) is 30.7 Å². The molecule has 20 heavy (non-hydrogen) atoms. The van der Waals surface area contributed by atoms with E-state index in [4.69, 9.17) is 9.47 Å². The molecule has 1 fully saturated rings.